The molecule has 0 aliphatic carbocycles. The first-order valence-electron chi connectivity index (χ1n) is 6.19. The molecule has 0 spiro atoms. The summed E-state index contributed by atoms with van der Waals surface area (Å²) in [5, 5.41) is 12.2. The van der Waals surface area contributed by atoms with Crippen LogP contribution in [-0.2, 0) is 6.42 Å². The zero-order valence-electron chi connectivity index (χ0n) is 10.8. The molecule has 2 aromatic rings. The number of aryl methyl sites for hydroxylation is 1. The first-order valence-corrected chi connectivity index (χ1v) is 6.19. The van der Waals surface area contributed by atoms with E-state index >= 15 is 0 Å². The average molecular weight is 254 g/mol. The van der Waals surface area contributed by atoms with E-state index in [1.165, 1.54) is 6.07 Å². The minimum Gasteiger partial charge on any atom is -0.384 e. The third-order valence-corrected chi connectivity index (χ3v) is 2.96. The van der Waals surface area contributed by atoms with Gasteiger partial charge in [0.1, 0.15) is 11.9 Å². The standard InChI is InChI=1S/C16H15FN2/c1-12-6-7-16(14(10-12)11-18)19-9-8-13-4-2-3-5-15(13)17/h2-7,10,19H,8-9H2,1H3. The van der Waals surface area contributed by atoms with Crippen molar-refractivity contribution in [3.05, 3.63) is 65.0 Å². The second kappa shape index (κ2) is 6.01. The Hall–Kier alpha value is -2.34. The van der Waals surface area contributed by atoms with Gasteiger partial charge in [0.25, 0.3) is 0 Å². The van der Waals surface area contributed by atoms with Crippen molar-refractivity contribution in [3.8, 4) is 6.07 Å². The van der Waals surface area contributed by atoms with Crippen LogP contribution in [0.4, 0.5) is 10.1 Å². The van der Waals surface area contributed by atoms with Gasteiger partial charge < -0.3 is 5.32 Å². The highest BCUT2D eigenvalue weighted by molar-refractivity contribution is 5.58. The molecule has 0 amide bonds. The van der Waals surface area contributed by atoms with Crippen LogP contribution in [0.2, 0.25) is 0 Å². The summed E-state index contributed by atoms with van der Waals surface area (Å²) in [5.41, 5.74) is 3.15. The first-order chi connectivity index (χ1) is 9.20. The van der Waals surface area contributed by atoms with Crippen LogP contribution < -0.4 is 5.32 Å². The van der Waals surface area contributed by atoms with Crippen LogP contribution >= 0.6 is 0 Å². The number of hydrogen-bond acceptors (Lipinski definition) is 2. The van der Waals surface area contributed by atoms with Gasteiger partial charge in [0.2, 0.25) is 0 Å². The second-order valence-electron chi connectivity index (χ2n) is 4.43. The molecule has 1 N–H and O–H groups in total. The van der Waals surface area contributed by atoms with Crippen LogP contribution in [0.3, 0.4) is 0 Å². The first kappa shape index (κ1) is 13.1. The smallest absolute Gasteiger partial charge is 0.126 e. The van der Waals surface area contributed by atoms with E-state index in [4.69, 9.17) is 5.26 Å². The molecule has 0 saturated carbocycles. The molecule has 0 aliphatic rings. The number of hydrogen-bond donors (Lipinski definition) is 1. The Labute approximate surface area is 112 Å². The molecule has 19 heavy (non-hydrogen) atoms. The molecule has 96 valence electrons. The van der Waals surface area contributed by atoms with Gasteiger partial charge >= 0.3 is 0 Å². The SMILES string of the molecule is Cc1ccc(NCCc2ccccc2F)c(C#N)c1. The van der Waals surface area contributed by atoms with Crippen LogP contribution in [0, 0.1) is 24.1 Å². The zero-order chi connectivity index (χ0) is 13.7. The van der Waals surface area contributed by atoms with Gasteiger partial charge in [-0.3, -0.25) is 0 Å². The lowest BCUT2D eigenvalue weighted by atomic mass is 10.1. The fourth-order valence-electron chi connectivity index (χ4n) is 1.94. The van der Waals surface area contributed by atoms with Crippen molar-refractivity contribution in [2.45, 2.75) is 13.3 Å². The Kier molecular flexibility index (Phi) is 4.15. The number of rotatable bonds is 4. The lowest BCUT2D eigenvalue weighted by Gasteiger charge is -2.09. The van der Waals surface area contributed by atoms with E-state index in [2.05, 4.69) is 11.4 Å². The summed E-state index contributed by atoms with van der Waals surface area (Å²) in [6.45, 7) is 2.54. The van der Waals surface area contributed by atoms with Crippen molar-refractivity contribution in [3.63, 3.8) is 0 Å². The van der Waals surface area contributed by atoms with Gasteiger partial charge in [-0.2, -0.15) is 5.26 Å². The van der Waals surface area contributed by atoms with E-state index in [9.17, 15) is 4.39 Å². The van der Waals surface area contributed by atoms with E-state index in [0.717, 1.165) is 11.3 Å². The molecular weight excluding hydrogens is 239 g/mol. The molecule has 0 unspecified atom stereocenters. The Bertz CT molecular complexity index is 614. The van der Waals surface area contributed by atoms with Gasteiger partial charge in [0.05, 0.1) is 11.3 Å². The Morgan fingerprint density at radius 3 is 2.74 bits per heavy atom. The lowest BCUT2D eigenvalue weighted by molar-refractivity contribution is 0.610. The minimum absolute atomic E-state index is 0.186. The third-order valence-electron chi connectivity index (χ3n) is 2.96. The predicted octanol–water partition coefficient (Wildman–Crippen LogP) is 3.66. The van der Waals surface area contributed by atoms with Crippen molar-refractivity contribution in [1.82, 2.24) is 0 Å². The molecule has 0 bridgehead atoms. The molecule has 0 aromatic heterocycles. The normalized spacial score (nSPS) is 9.95. The number of nitriles is 1. The van der Waals surface area contributed by atoms with Gasteiger partial charge in [0, 0.05) is 6.54 Å². The highest BCUT2D eigenvalue weighted by atomic mass is 19.1. The highest BCUT2D eigenvalue weighted by Crippen LogP contribution is 2.16. The summed E-state index contributed by atoms with van der Waals surface area (Å²) in [5.74, 6) is -0.186. The van der Waals surface area contributed by atoms with E-state index in [-0.39, 0.29) is 5.82 Å². The maximum Gasteiger partial charge on any atom is 0.126 e. The molecular formula is C16H15FN2. The Morgan fingerprint density at radius 2 is 2.00 bits per heavy atom. The molecule has 0 aliphatic heterocycles. The van der Waals surface area contributed by atoms with Crippen molar-refractivity contribution in [2.24, 2.45) is 0 Å². The summed E-state index contributed by atoms with van der Waals surface area (Å²) in [6, 6.07) is 14.6. The predicted molar refractivity (Wildman–Crippen MR) is 74.5 cm³/mol. The number of anilines is 1. The van der Waals surface area contributed by atoms with Crippen LogP contribution in [0.1, 0.15) is 16.7 Å². The minimum atomic E-state index is -0.186. The Balaban J connectivity index is 2.01. The monoisotopic (exact) mass is 254 g/mol. The fourth-order valence-corrected chi connectivity index (χ4v) is 1.94. The van der Waals surface area contributed by atoms with E-state index < -0.39 is 0 Å². The van der Waals surface area contributed by atoms with E-state index in [0.29, 0.717) is 24.1 Å². The molecule has 0 fully saturated rings. The van der Waals surface area contributed by atoms with Crippen molar-refractivity contribution < 1.29 is 4.39 Å². The molecule has 2 nitrogen and oxygen atoms in total. The van der Waals surface area contributed by atoms with Gasteiger partial charge in [-0.15, -0.1) is 0 Å². The maximum absolute atomic E-state index is 13.4. The van der Waals surface area contributed by atoms with Crippen LogP contribution in [0.5, 0.6) is 0 Å². The summed E-state index contributed by atoms with van der Waals surface area (Å²) in [4.78, 5) is 0. The molecule has 0 atom stereocenters. The zero-order valence-corrected chi connectivity index (χ0v) is 10.8. The maximum atomic E-state index is 13.4. The van der Waals surface area contributed by atoms with Gasteiger partial charge in [-0.25, -0.2) is 4.39 Å². The fraction of sp³-hybridized carbons (Fsp3) is 0.188. The molecule has 3 heteroatoms. The van der Waals surface area contributed by atoms with Gasteiger partial charge in [-0.05, 0) is 42.7 Å². The molecule has 0 saturated heterocycles. The van der Waals surface area contributed by atoms with Crippen molar-refractivity contribution in [2.75, 3.05) is 11.9 Å². The molecule has 0 radical (unpaired) electrons. The largest absolute Gasteiger partial charge is 0.384 e. The van der Waals surface area contributed by atoms with Crippen LogP contribution in [-0.4, -0.2) is 6.54 Å². The second-order valence-corrected chi connectivity index (χ2v) is 4.43. The van der Waals surface area contributed by atoms with Gasteiger partial charge in [0.15, 0.2) is 0 Å². The Morgan fingerprint density at radius 1 is 1.21 bits per heavy atom. The number of halogens is 1. The van der Waals surface area contributed by atoms with Crippen molar-refractivity contribution >= 4 is 5.69 Å². The summed E-state index contributed by atoms with van der Waals surface area (Å²) < 4.78 is 13.4. The molecule has 0 heterocycles. The quantitative estimate of drug-likeness (QED) is 0.903. The summed E-state index contributed by atoms with van der Waals surface area (Å²) in [6.07, 6.45) is 0.589. The number of benzene rings is 2. The number of nitrogens with zero attached hydrogens (tertiary/aromatic N) is 1. The van der Waals surface area contributed by atoms with Crippen LogP contribution in [0.15, 0.2) is 42.5 Å². The average Bonchev–Trinajstić information content (AvgIpc) is 2.42. The van der Waals surface area contributed by atoms with Crippen LogP contribution in [0.25, 0.3) is 0 Å². The van der Waals surface area contributed by atoms with Gasteiger partial charge in [-0.1, -0.05) is 24.3 Å². The number of nitrogens with one attached hydrogen (secondary N) is 1. The highest BCUT2D eigenvalue weighted by Gasteiger charge is 2.03. The summed E-state index contributed by atoms with van der Waals surface area (Å²) >= 11 is 0. The lowest BCUT2D eigenvalue weighted by Crippen LogP contribution is -2.07. The summed E-state index contributed by atoms with van der Waals surface area (Å²) in [7, 11) is 0. The van der Waals surface area contributed by atoms with E-state index in [1.54, 1.807) is 12.1 Å². The topological polar surface area (TPSA) is 35.8 Å². The van der Waals surface area contributed by atoms with E-state index in [1.807, 2.05) is 31.2 Å². The molecule has 2 aromatic carbocycles. The van der Waals surface area contributed by atoms with Crippen molar-refractivity contribution in [1.29, 1.82) is 5.26 Å². The third kappa shape index (κ3) is 3.32. The molecule has 2 rings (SSSR count).